The summed E-state index contributed by atoms with van der Waals surface area (Å²) < 4.78 is 0. The number of hydrogen-bond acceptors (Lipinski definition) is 6. The third kappa shape index (κ3) is 5.57. The molecular weight excluding hydrogens is 328 g/mol. The van der Waals surface area contributed by atoms with Gasteiger partial charge in [-0.15, -0.1) is 0 Å². The standard InChI is InChI=1S/C16H16N4O5/c21-15(22)2-1-9-17-16(23)11-3-5-12(6-4-11)19-14-8-7-13(10-18-14)20(24)25/h3-8,10H,1-2,9H2,(H,17,23)(H,18,19)(H,21,22). The molecule has 0 spiro atoms. The average molecular weight is 344 g/mol. The summed E-state index contributed by atoms with van der Waals surface area (Å²) in [6.45, 7) is 0.290. The van der Waals surface area contributed by atoms with Gasteiger partial charge in [0.05, 0.1) is 4.92 Å². The van der Waals surface area contributed by atoms with Gasteiger partial charge in [-0.1, -0.05) is 0 Å². The van der Waals surface area contributed by atoms with Gasteiger partial charge in [-0.2, -0.15) is 0 Å². The van der Waals surface area contributed by atoms with Crippen LogP contribution in [0.5, 0.6) is 0 Å². The van der Waals surface area contributed by atoms with Crippen molar-refractivity contribution < 1.29 is 19.6 Å². The predicted molar refractivity (Wildman–Crippen MR) is 89.8 cm³/mol. The number of nitro groups is 1. The number of rotatable bonds is 8. The van der Waals surface area contributed by atoms with Crippen molar-refractivity contribution in [1.82, 2.24) is 10.3 Å². The van der Waals surface area contributed by atoms with E-state index in [1.165, 1.54) is 12.1 Å². The lowest BCUT2D eigenvalue weighted by Crippen LogP contribution is -2.24. The number of aromatic nitrogens is 1. The molecule has 0 radical (unpaired) electrons. The third-order valence-corrected chi connectivity index (χ3v) is 3.23. The van der Waals surface area contributed by atoms with Crippen LogP contribution < -0.4 is 10.6 Å². The molecule has 25 heavy (non-hydrogen) atoms. The molecule has 1 heterocycles. The van der Waals surface area contributed by atoms with Crippen LogP contribution in [-0.2, 0) is 4.79 Å². The predicted octanol–water partition coefficient (Wildman–Crippen LogP) is 2.33. The SMILES string of the molecule is O=C(O)CCCNC(=O)c1ccc(Nc2ccc([N+](=O)[O-])cn2)cc1. The van der Waals surface area contributed by atoms with Crippen molar-refractivity contribution in [1.29, 1.82) is 0 Å². The van der Waals surface area contributed by atoms with E-state index in [2.05, 4.69) is 15.6 Å². The van der Waals surface area contributed by atoms with Crippen molar-refractivity contribution in [3.05, 3.63) is 58.3 Å². The van der Waals surface area contributed by atoms with E-state index in [9.17, 15) is 19.7 Å². The summed E-state index contributed by atoms with van der Waals surface area (Å²) in [6, 6.07) is 9.40. The number of carbonyl (C=O) groups excluding carboxylic acids is 1. The molecule has 0 bridgehead atoms. The molecule has 2 rings (SSSR count). The maximum absolute atomic E-state index is 11.9. The summed E-state index contributed by atoms with van der Waals surface area (Å²) in [5.74, 6) is -0.744. The summed E-state index contributed by atoms with van der Waals surface area (Å²) in [6.07, 6.45) is 1.53. The molecule has 0 saturated carbocycles. The molecular formula is C16H16N4O5. The van der Waals surface area contributed by atoms with Crippen LogP contribution in [-0.4, -0.2) is 33.4 Å². The lowest BCUT2D eigenvalue weighted by Gasteiger charge is -2.07. The van der Waals surface area contributed by atoms with Gasteiger partial charge >= 0.3 is 5.97 Å². The van der Waals surface area contributed by atoms with Gasteiger partial charge in [-0.3, -0.25) is 19.7 Å². The van der Waals surface area contributed by atoms with Crippen molar-refractivity contribution in [2.24, 2.45) is 0 Å². The van der Waals surface area contributed by atoms with Crippen LogP contribution >= 0.6 is 0 Å². The highest BCUT2D eigenvalue weighted by atomic mass is 16.6. The molecule has 3 N–H and O–H groups in total. The topological polar surface area (TPSA) is 134 Å². The van der Waals surface area contributed by atoms with Crippen LogP contribution in [0, 0.1) is 10.1 Å². The number of anilines is 2. The van der Waals surface area contributed by atoms with E-state index in [4.69, 9.17) is 5.11 Å². The lowest BCUT2D eigenvalue weighted by atomic mass is 10.2. The Kier molecular flexibility index (Phi) is 5.99. The first kappa shape index (κ1) is 17.9. The maximum atomic E-state index is 11.9. The van der Waals surface area contributed by atoms with Crippen LogP contribution in [0.3, 0.4) is 0 Å². The van der Waals surface area contributed by atoms with E-state index in [0.717, 1.165) is 6.20 Å². The highest BCUT2D eigenvalue weighted by Gasteiger charge is 2.07. The molecule has 0 aliphatic rings. The highest BCUT2D eigenvalue weighted by molar-refractivity contribution is 5.94. The van der Waals surface area contributed by atoms with Crippen LogP contribution in [0.4, 0.5) is 17.2 Å². The summed E-state index contributed by atoms with van der Waals surface area (Å²) >= 11 is 0. The number of aliphatic carboxylic acids is 1. The van der Waals surface area contributed by atoms with Gasteiger partial charge in [0.2, 0.25) is 0 Å². The molecule has 1 amide bonds. The minimum atomic E-state index is -0.899. The van der Waals surface area contributed by atoms with Crippen molar-refractivity contribution in [3.63, 3.8) is 0 Å². The van der Waals surface area contributed by atoms with E-state index >= 15 is 0 Å². The van der Waals surface area contributed by atoms with E-state index in [1.807, 2.05) is 0 Å². The van der Waals surface area contributed by atoms with Crippen molar-refractivity contribution in [2.45, 2.75) is 12.8 Å². The maximum Gasteiger partial charge on any atom is 0.303 e. The molecule has 0 atom stereocenters. The van der Waals surface area contributed by atoms with E-state index in [1.54, 1.807) is 24.3 Å². The fourth-order valence-electron chi connectivity index (χ4n) is 1.96. The molecule has 0 unspecified atom stereocenters. The van der Waals surface area contributed by atoms with E-state index in [-0.39, 0.29) is 24.6 Å². The molecule has 0 fully saturated rings. The van der Waals surface area contributed by atoms with Gasteiger partial charge < -0.3 is 15.7 Å². The largest absolute Gasteiger partial charge is 0.481 e. The number of carbonyl (C=O) groups is 2. The van der Waals surface area contributed by atoms with E-state index < -0.39 is 10.9 Å². The third-order valence-electron chi connectivity index (χ3n) is 3.23. The van der Waals surface area contributed by atoms with Crippen molar-refractivity contribution in [2.75, 3.05) is 11.9 Å². The van der Waals surface area contributed by atoms with Gasteiger partial charge in [-0.05, 0) is 36.8 Å². The monoisotopic (exact) mass is 344 g/mol. The second-order valence-corrected chi connectivity index (χ2v) is 5.11. The zero-order valence-electron chi connectivity index (χ0n) is 13.1. The summed E-state index contributed by atoms with van der Waals surface area (Å²) in [4.78, 5) is 36.3. The Morgan fingerprint density at radius 3 is 2.44 bits per heavy atom. The number of carboxylic acid groups (broad SMARTS) is 1. The minimum absolute atomic E-state index is 0.00533. The van der Waals surface area contributed by atoms with Crippen LogP contribution in [0.1, 0.15) is 23.2 Å². The molecule has 1 aromatic heterocycles. The second kappa shape index (κ2) is 8.39. The smallest absolute Gasteiger partial charge is 0.303 e. The molecule has 0 saturated heterocycles. The normalized spacial score (nSPS) is 10.1. The minimum Gasteiger partial charge on any atom is -0.481 e. The fourth-order valence-corrected chi connectivity index (χ4v) is 1.96. The molecule has 9 heteroatoms. The van der Waals surface area contributed by atoms with Crippen molar-refractivity contribution >= 4 is 29.1 Å². The number of benzene rings is 1. The summed E-state index contributed by atoms with van der Waals surface area (Å²) in [7, 11) is 0. The number of hydrogen-bond donors (Lipinski definition) is 3. The molecule has 0 aliphatic heterocycles. The lowest BCUT2D eigenvalue weighted by molar-refractivity contribution is -0.385. The van der Waals surface area contributed by atoms with Crippen molar-refractivity contribution in [3.8, 4) is 0 Å². The Balaban J connectivity index is 1.89. The van der Waals surface area contributed by atoms with Crippen LogP contribution in [0.15, 0.2) is 42.6 Å². The van der Waals surface area contributed by atoms with Gasteiger partial charge in [0, 0.05) is 30.3 Å². The quantitative estimate of drug-likeness (QED) is 0.380. The first-order valence-corrected chi connectivity index (χ1v) is 7.43. The Morgan fingerprint density at radius 1 is 1.16 bits per heavy atom. The first-order chi connectivity index (χ1) is 12.0. The fraction of sp³-hybridized carbons (Fsp3) is 0.188. The molecule has 0 aliphatic carbocycles. The Bertz CT molecular complexity index is 759. The molecule has 130 valence electrons. The Morgan fingerprint density at radius 2 is 1.88 bits per heavy atom. The van der Waals surface area contributed by atoms with Gasteiger partial charge in [-0.25, -0.2) is 4.98 Å². The molecule has 1 aromatic carbocycles. The number of pyridine rings is 1. The van der Waals surface area contributed by atoms with E-state index in [0.29, 0.717) is 23.5 Å². The zero-order chi connectivity index (χ0) is 18.2. The van der Waals surface area contributed by atoms with Gasteiger partial charge in [0.15, 0.2) is 0 Å². The Labute approximate surface area is 142 Å². The number of amides is 1. The average Bonchev–Trinajstić information content (AvgIpc) is 2.59. The van der Waals surface area contributed by atoms with Crippen LogP contribution in [0.2, 0.25) is 0 Å². The first-order valence-electron chi connectivity index (χ1n) is 7.43. The number of carboxylic acids is 1. The molecule has 2 aromatic rings. The van der Waals surface area contributed by atoms with Gasteiger partial charge in [0.25, 0.3) is 11.6 Å². The summed E-state index contributed by atoms with van der Waals surface area (Å²) in [5, 5.41) is 24.7. The molecule has 9 nitrogen and oxygen atoms in total. The zero-order valence-corrected chi connectivity index (χ0v) is 13.1. The van der Waals surface area contributed by atoms with Gasteiger partial charge in [0.1, 0.15) is 12.0 Å². The number of nitrogens with zero attached hydrogens (tertiary/aromatic N) is 2. The highest BCUT2D eigenvalue weighted by Crippen LogP contribution is 2.17. The van der Waals surface area contributed by atoms with Crippen LogP contribution in [0.25, 0.3) is 0 Å². The second-order valence-electron chi connectivity index (χ2n) is 5.11. The summed E-state index contributed by atoms with van der Waals surface area (Å²) in [5.41, 5.74) is 1.02. The Hall–Kier alpha value is -3.49. The number of nitrogens with one attached hydrogen (secondary N) is 2.